The van der Waals surface area contributed by atoms with Gasteiger partial charge in [0.2, 0.25) is 0 Å². The Bertz CT molecular complexity index is 430. The molecule has 0 fully saturated rings. The van der Waals surface area contributed by atoms with Crippen LogP contribution in [0.4, 0.5) is 0 Å². The van der Waals surface area contributed by atoms with Crippen LogP contribution >= 0.6 is 15.9 Å². The average molecular weight is 303 g/mol. The highest BCUT2D eigenvalue weighted by Crippen LogP contribution is 2.22. The van der Waals surface area contributed by atoms with Crippen molar-refractivity contribution in [1.82, 2.24) is 0 Å². The van der Waals surface area contributed by atoms with Crippen molar-refractivity contribution in [3.8, 4) is 0 Å². The molecule has 0 saturated heterocycles. The van der Waals surface area contributed by atoms with E-state index in [0.717, 1.165) is 0 Å². The van der Waals surface area contributed by atoms with Gasteiger partial charge < -0.3 is 14.6 Å². The quantitative estimate of drug-likeness (QED) is 0.840. The van der Waals surface area contributed by atoms with E-state index in [9.17, 15) is 9.59 Å². The van der Waals surface area contributed by atoms with Gasteiger partial charge in [-0.05, 0) is 12.1 Å². The van der Waals surface area contributed by atoms with Crippen LogP contribution in [0.25, 0.3) is 0 Å². The van der Waals surface area contributed by atoms with E-state index in [1.165, 1.54) is 7.11 Å². The third kappa shape index (κ3) is 3.83. The minimum Gasteiger partial charge on any atom is -0.480 e. The molecule has 0 aromatic heterocycles. The first-order valence-corrected chi connectivity index (χ1v) is 5.50. The number of hydrogen-bond donors (Lipinski definition) is 1. The highest BCUT2D eigenvalue weighted by atomic mass is 79.9. The van der Waals surface area contributed by atoms with Gasteiger partial charge in [-0.1, -0.05) is 22.0 Å². The van der Waals surface area contributed by atoms with Gasteiger partial charge in [-0.25, -0.2) is 9.59 Å². The van der Waals surface area contributed by atoms with Gasteiger partial charge in [0.1, 0.15) is 6.61 Å². The molecule has 5 nitrogen and oxygen atoms in total. The molecule has 0 aliphatic carbocycles. The largest absolute Gasteiger partial charge is 0.480 e. The van der Waals surface area contributed by atoms with E-state index in [0.29, 0.717) is 15.6 Å². The van der Waals surface area contributed by atoms with Gasteiger partial charge >= 0.3 is 11.9 Å². The van der Waals surface area contributed by atoms with Gasteiger partial charge in [0.25, 0.3) is 0 Å². The SMILES string of the molecule is COC(=O)c1cccc(Br)c1COCC(=O)O. The summed E-state index contributed by atoms with van der Waals surface area (Å²) < 4.78 is 10.3. The molecule has 0 radical (unpaired) electrons. The highest BCUT2D eigenvalue weighted by Gasteiger charge is 2.14. The molecular formula is C11H11BrO5. The maximum absolute atomic E-state index is 11.5. The van der Waals surface area contributed by atoms with Crippen LogP contribution in [-0.2, 0) is 20.9 Å². The average Bonchev–Trinajstić information content (AvgIpc) is 2.29. The van der Waals surface area contributed by atoms with Crippen LogP contribution < -0.4 is 0 Å². The first-order chi connectivity index (χ1) is 8.06. The molecule has 0 aliphatic heterocycles. The molecule has 0 amide bonds. The van der Waals surface area contributed by atoms with Crippen LogP contribution in [0, 0.1) is 0 Å². The zero-order valence-electron chi connectivity index (χ0n) is 9.10. The minimum atomic E-state index is -1.06. The summed E-state index contributed by atoms with van der Waals surface area (Å²) >= 11 is 3.28. The Kier molecular flexibility index (Phi) is 5.11. The van der Waals surface area contributed by atoms with E-state index >= 15 is 0 Å². The number of benzene rings is 1. The second-order valence-corrected chi connectivity index (χ2v) is 4.00. The smallest absolute Gasteiger partial charge is 0.338 e. The third-order valence-electron chi connectivity index (χ3n) is 2.00. The zero-order valence-corrected chi connectivity index (χ0v) is 10.7. The van der Waals surface area contributed by atoms with E-state index in [4.69, 9.17) is 9.84 Å². The Morgan fingerprint density at radius 1 is 1.41 bits per heavy atom. The van der Waals surface area contributed by atoms with Crippen molar-refractivity contribution >= 4 is 27.9 Å². The van der Waals surface area contributed by atoms with Crippen LogP contribution in [0.15, 0.2) is 22.7 Å². The molecule has 1 rings (SSSR count). The van der Waals surface area contributed by atoms with Crippen molar-refractivity contribution in [2.45, 2.75) is 6.61 Å². The van der Waals surface area contributed by atoms with Crippen molar-refractivity contribution in [2.24, 2.45) is 0 Å². The summed E-state index contributed by atoms with van der Waals surface area (Å²) in [6.07, 6.45) is 0. The third-order valence-corrected chi connectivity index (χ3v) is 2.74. The Hall–Kier alpha value is -1.40. The van der Waals surface area contributed by atoms with Crippen molar-refractivity contribution < 1.29 is 24.2 Å². The minimum absolute atomic E-state index is 0.0259. The number of carbonyl (C=O) groups is 2. The first-order valence-electron chi connectivity index (χ1n) is 4.71. The fourth-order valence-electron chi connectivity index (χ4n) is 1.25. The molecule has 6 heteroatoms. The second kappa shape index (κ2) is 6.36. The number of rotatable bonds is 5. The number of methoxy groups -OCH3 is 1. The molecule has 0 spiro atoms. The molecule has 92 valence electrons. The summed E-state index contributed by atoms with van der Waals surface area (Å²) in [5.74, 6) is -1.54. The van der Waals surface area contributed by atoms with Gasteiger partial charge in [-0.15, -0.1) is 0 Å². The van der Waals surface area contributed by atoms with Crippen LogP contribution in [0.3, 0.4) is 0 Å². The number of carboxylic acids is 1. The predicted octanol–water partition coefficient (Wildman–Crippen LogP) is 1.84. The lowest BCUT2D eigenvalue weighted by Gasteiger charge is -2.09. The standard InChI is InChI=1S/C11H11BrO5/c1-16-11(15)7-3-2-4-9(12)8(7)5-17-6-10(13)14/h2-4H,5-6H2,1H3,(H,13,14). The molecule has 0 unspecified atom stereocenters. The first kappa shape index (κ1) is 13.7. The van der Waals surface area contributed by atoms with Gasteiger partial charge in [0, 0.05) is 10.0 Å². The number of carbonyl (C=O) groups excluding carboxylic acids is 1. The normalized spacial score (nSPS) is 10.0. The molecule has 0 bridgehead atoms. The molecular weight excluding hydrogens is 292 g/mol. The number of esters is 1. The monoisotopic (exact) mass is 302 g/mol. The van der Waals surface area contributed by atoms with Crippen LogP contribution in [0.5, 0.6) is 0 Å². The highest BCUT2D eigenvalue weighted by molar-refractivity contribution is 9.10. The van der Waals surface area contributed by atoms with Crippen LogP contribution in [0.1, 0.15) is 15.9 Å². The fourth-order valence-corrected chi connectivity index (χ4v) is 1.73. The van der Waals surface area contributed by atoms with Crippen molar-refractivity contribution in [1.29, 1.82) is 0 Å². The van der Waals surface area contributed by atoms with E-state index in [-0.39, 0.29) is 6.61 Å². The molecule has 0 atom stereocenters. The molecule has 1 N–H and O–H groups in total. The summed E-state index contributed by atoms with van der Waals surface area (Å²) in [5.41, 5.74) is 0.924. The number of hydrogen-bond acceptors (Lipinski definition) is 4. The maximum atomic E-state index is 11.5. The van der Waals surface area contributed by atoms with Crippen molar-refractivity contribution in [3.63, 3.8) is 0 Å². The van der Waals surface area contributed by atoms with Crippen molar-refractivity contribution in [3.05, 3.63) is 33.8 Å². The Morgan fingerprint density at radius 2 is 2.12 bits per heavy atom. The molecule has 0 aliphatic rings. The number of ether oxygens (including phenoxy) is 2. The lowest BCUT2D eigenvalue weighted by atomic mass is 10.1. The molecule has 1 aromatic rings. The summed E-state index contributed by atoms with van der Waals surface area (Å²) in [4.78, 5) is 21.8. The van der Waals surface area contributed by atoms with E-state index < -0.39 is 18.5 Å². The lowest BCUT2D eigenvalue weighted by molar-refractivity contribution is -0.142. The van der Waals surface area contributed by atoms with E-state index in [1.807, 2.05) is 0 Å². The molecule has 1 aromatic carbocycles. The molecule has 0 heterocycles. The van der Waals surface area contributed by atoms with Gasteiger partial charge in [0.05, 0.1) is 19.3 Å². The van der Waals surface area contributed by atoms with Crippen LogP contribution in [0.2, 0.25) is 0 Å². The Morgan fingerprint density at radius 3 is 2.71 bits per heavy atom. The predicted molar refractivity (Wildman–Crippen MR) is 62.8 cm³/mol. The van der Waals surface area contributed by atoms with Gasteiger partial charge in [-0.3, -0.25) is 0 Å². The molecule has 0 saturated carbocycles. The Balaban J connectivity index is 2.88. The topological polar surface area (TPSA) is 72.8 Å². The summed E-state index contributed by atoms with van der Waals surface area (Å²) in [6, 6.07) is 5.03. The summed E-state index contributed by atoms with van der Waals surface area (Å²) in [5, 5.41) is 8.46. The molecule has 17 heavy (non-hydrogen) atoms. The second-order valence-electron chi connectivity index (χ2n) is 3.14. The number of halogens is 1. The Labute approximate surface area is 106 Å². The summed E-state index contributed by atoms with van der Waals surface area (Å²) in [7, 11) is 1.28. The number of carboxylic acid groups (broad SMARTS) is 1. The van der Waals surface area contributed by atoms with Crippen molar-refractivity contribution in [2.75, 3.05) is 13.7 Å². The fraction of sp³-hybridized carbons (Fsp3) is 0.273. The maximum Gasteiger partial charge on any atom is 0.338 e. The number of aliphatic carboxylic acids is 1. The lowest BCUT2D eigenvalue weighted by Crippen LogP contribution is -2.11. The van der Waals surface area contributed by atoms with Gasteiger partial charge in [-0.2, -0.15) is 0 Å². The zero-order chi connectivity index (χ0) is 12.8. The van der Waals surface area contributed by atoms with E-state index in [1.54, 1.807) is 18.2 Å². The van der Waals surface area contributed by atoms with E-state index in [2.05, 4.69) is 20.7 Å². The summed E-state index contributed by atoms with van der Waals surface area (Å²) in [6.45, 7) is -0.389. The van der Waals surface area contributed by atoms with Crippen LogP contribution in [-0.4, -0.2) is 30.8 Å². The van der Waals surface area contributed by atoms with Gasteiger partial charge in [0.15, 0.2) is 0 Å².